The van der Waals surface area contributed by atoms with Crippen LogP contribution in [0.2, 0.25) is 0 Å². The second kappa shape index (κ2) is 7.60. The first-order valence-electron chi connectivity index (χ1n) is 9.54. The number of para-hydroxylation sites is 1. The molecular weight excluding hydrogens is 354 g/mol. The van der Waals surface area contributed by atoms with Crippen molar-refractivity contribution in [3.05, 3.63) is 81.7 Å². The zero-order valence-electron chi connectivity index (χ0n) is 15.9. The Hall–Kier alpha value is -2.92. The average Bonchev–Trinajstić information content (AvgIpc) is 2.73. The van der Waals surface area contributed by atoms with E-state index in [1.54, 1.807) is 24.3 Å². The lowest BCUT2D eigenvalue weighted by Gasteiger charge is -2.38. The highest BCUT2D eigenvalue weighted by Crippen LogP contribution is 2.36. The third-order valence-electron chi connectivity index (χ3n) is 5.61. The molecular formula is C23H23NO4. The Morgan fingerprint density at radius 2 is 1.79 bits per heavy atom. The highest BCUT2D eigenvalue weighted by atomic mass is 16.5. The molecule has 1 aliphatic heterocycles. The predicted molar refractivity (Wildman–Crippen MR) is 108 cm³/mol. The van der Waals surface area contributed by atoms with E-state index in [4.69, 9.17) is 9.15 Å². The van der Waals surface area contributed by atoms with Crippen LogP contribution in [0.4, 0.5) is 0 Å². The first-order chi connectivity index (χ1) is 13.6. The molecule has 1 aliphatic rings. The lowest BCUT2D eigenvalue weighted by Crippen LogP contribution is -2.45. The maximum Gasteiger partial charge on any atom is 0.287 e. The van der Waals surface area contributed by atoms with E-state index >= 15 is 0 Å². The summed E-state index contributed by atoms with van der Waals surface area (Å²) in [5, 5.41) is 3.47. The number of benzene rings is 2. The van der Waals surface area contributed by atoms with Gasteiger partial charge in [-0.3, -0.25) is 9.59 Å². The molecule has 0 saturated carbocycles. The van der Waals surface area contributed by atoms with E-state index < -0.39 is 0 Å². The Labute approximate surface area is 163 Å². The van der Waals surface area contributed by atoms with E-state index in [-0.39, 0.29) is 22.5 Å². The molecule has 1 saturated heterocycles. The van der Waals surface area contributed by atoms with Crippen LogP contribution in [0.15, 0.2) is 63.8 Å². The molecule has 1 fully saturated rings. The van der Waals surface area contributed by atoms with Crippen molar-refractivity contribution < 1.29 is 13.9 Å². The van der Waals surface area contributed by atoms with E-state index in [2.05, 4.69) is 24.4 Å². The van der Waals surface area contributed by atoms with Crippen molar-refractivity contribution in [1.29, 1.82) is 0 Å². The highest BCUT2D eigenvalue weighted by Gasteiger charge is 2.36. The van der Waals surface area contributed by atoms with Crippen molar-refractivity contribution in [2.45, 2.75) is 25.2 Å². The average molecular weight is 377 g/mol. The van der Waals surface area contributed by atoms with Gasteiger partial charge >= 0.3 is 0 Å². The Balaban J connectivity index is 1.60. The van der Waals surface area contributed by atoms with Crippen molar-refractivity contribution in [2.24, 2.45) is 0 Å². The van der Waals surface area contributed by atoms with E-state index in [9.17, 15) is 9.59 Å². The molecule has 5 nitrogen and oxygen atoms in total. The predicted octanol–water partition coefficient (Wildman–Crippen LogP) is 3.58. The molecule has 1 amide bonds. The van der Waals surface area contributed by atoms with Gasteiger partial charge in [-0.1, -0.05) is 36.4 Å². The van der Waals surface area contributed by atoms with Gasteiger partial charge in [0.15, 0.2) is 11.2 Å². The van der Waals surface area contributed by atoms with Crippen molar-refractivity contribution >= 4 is 16.9 Å². The minimum Gasteiger partial charge on any atom is -0.451 e. The number of aryl methyl sites for hydroxylation is 1. The largest absolute Gasteiger partial charge is 0.451 e. The van der Waals surface area contributed by atoms with Gasteiger partial charge < -0.3 is 14.5 Å². The zero-order chi connectivity index (χ0) is 19.6. The summed E-state index contributed by atoms with van der Waals surface area (Å²) in [4.78, 5) is 25.0. The van der Waals surface area contributed by atoms with Gasteiger partial charge in [-0.15, -0.1) is 0 Å². The number of hydrogen-bond acceptors (Lipinski definition) is 4. The molecule has 0 bridgehead atoms. The molecule has 0 radical (unpaired) electrons. The van der Waals surface area contributed by atoms with Crippen LogP contribution in [0.25, 0.3) is 11.0 Å². The van der Waals surface area contributed by atoms with Crippen LogP contribution in [0.3, 0.4) is 0 Å². The van der Waals surface area contributed by atoms with Gasteiger partial charge in [0, 0.05) is 31.2 Å². The second-order valence-corrected chi connectivity index (χ2v) is 7.36. The maximum atomic E-state index is 12.8. The fraction of sp³-hybridized carbons (Fsp3) is 0.304. The molecule has 3 aromatic rings. The van der Waals surface area contributed by atoms with Gasteiger partial charge in [0.2, 0.25) is 0 Å². The molecule has 0 unspecified atom stereocenters. The quantitative estimate of drug-likeness (QED) is 0.755. The summed E-state index contributed by atoms with van der Waals surface area (Å²) in [5.74, 6) is -0.335. The maximum absolute atomic E-state index is 12.8. The molecule has 0 aliphatic carbocycles. The topological polar surface area (TPSA) is 68.5 Å². The van der Waals surface area contributed by atoms with Crippen LogP contribution in [0.5, 0.6) is 0 Å². The highest BCUT2D eigenvalue weighted by molar-refractivity contribution is 5.93. The van der Waals surface area contributed by atoms with Gasteiger partial charge in [0.25, 0.3) is 5.91 Å². The first kappa shape index (κ1) is 18.4. The van der Waals surface area contributed by atoms with E-state index in [0.29, 0.717) is 30.7 Å². The van der Waals surface area contributed by atoms with Crippen molar-refractivity contribution in [2.75, 3.05) is 19.8 Å². The lowest BCUT2D eigenvalue weighted by atomic mass is 9.72. The van der Waals surface area contributed by atoms with Crippen LogP contribution < -0.4 is 10.7 Å². The Morgan fingerprint density at radius 1 is 1.07 bits per heavy atom. The third kappa shape index (κ3) is 3.45. The van der Waals surface area contributed by atoms with E-state index in [0.717, 1.165) is 12.8 Å². The molecule has 2 aromatic carbocycles. The molecule has 5 heteroatoms. The standard InChI is InChI=1S/C23H23NO4/c1-16-6-2-4-8-18(16)23(10-12-27-13-11-23)15-24-22(26)21-14-19(25)17-7-3-5-9-20(17)28-21/h2-9,14H,10-13,15H2,1H3,(H,24,26). The summed E-state index contributed by atoms with van der Waals surface area (Å²) in [6.07, 6.45) is 1.67. The smallest absolute Gasteiger partial charge is 0.287 e. The number of nitrogens with one attached hydrogen (secondary N) is 1. The molecule has 2 heterocycles. The molecule has 28 heavy (non-hydrogen) atoms. The Morgan fingerprint density at radius 3 is 2.57 bits per heavy atom. The summed E-state index contributed by atoms with van der Waals surface area (Å²) in [7, 11) is 0. The van der Waals surface area contributed by atoms with Gasteiger partial charge in [-0.05, 0) is 43.0 Å². The molecule has 0 spiro atoms. The van der Waals surface area contributed by atoms with Crippen molar-refractivity contribution in [3.63, 3.8) is 0 Å². The number of hydrogen-bond donors (Lipinski definition) is 1. The Kier molecular flexibility index (Phi) is 5.01. The normalized spacial score (nSPS) is 16.0. The fourth-order valence-electron chi connectivity index (χ4n) is 4.02. The number of fused-ring (bicyclic) bond motifs is 1. The van der Waals surface area contributed by atoms with Crippen molar-refractivity contribution in [1.82, 2.24) is 5.32 Å². The molecule has 1 aromatic heterocycles. The van der Waals surface area contributed by atoms with Crippen LogP contribution in [-0.2, 0) is 10.2 Å². The summed E-state index contributed by atoms with van der Waals surface area (Å²) in [6, 6.07) is 16.5. The number of carbonyl (C=O) groups excluding carboxylic acids is 1. The summed E-state index contributed by atoms with van der Waals surface area (Å²) >= 11 is 0. The summed E-state index contributed by atoms with van der Waals surface area (Å²) in [6.45, 7) is 3.89. The van der Waals surface area contributed by atoms with E-state index in [1.165, 1.54) is 17.2 Å². The van der Waals surface area contributed by atoms with Crippen LogP contribution in [-0.4, -0.2) is 25.7 Å². The van der Waals surface area contributed by atoms with Crippen LogP contribution in [0.1, 0.15) is 34.5 Å². The zero-order valence-corrected chi connectivity index (χ0v) is 15.9. The Bertz CT molecular complexity index is 1060. The summed E-state index contributed by atoms with van der Waals surface area (Å²) in [5.41, 5.74) is 2.46. The molecule has 0 atom stereocenters. The second-order valence-electron chi connectivity index (χ2n) is 7.36. The van der Waals surface area contributed by atoms with Gasteiger partial charge in [0.05, 0.1) is 5.39 Å². The van der Waals surface area contributed by atoms with Gasteiger partial charge in [0.1, 0.15) is 5.58 Å². The van der Waals surface area contributed by atoms with Gasteiger partial charge in [-0.25, -0.2) is 0 Å². The summed E-state index contributed by atoms with van der Waals surface area (Å²) < 4.78 is 11.2. The van der Waals surface area contributed by atoms with Crippen LogP contribution in [0, 0.1) is 6.92 Å². The molecule has 4 rings (SSSR count). The number of ether oxygens (including phenoxy) is 1. The van der Waals surface area contributed by atoms with Crippen LogP contribution >= 0.6 is 0 Å². The number of rotatable bonds is 4. The third-order valence-corrected chi connectivity index (χ3v) is 5.61. The minimum atomic E-state index is -0.373. The molecule has 1 N–H and O–H groups in total. The number of carbonyl (C=O) groups is 1. The van der Waals surface area contributed by atoms with Crippen molar-refractivity contribution in [3.8, 4) is 0 Å². The number of amides is 1. The molecule has 144 valence electrons. The SMILES string of the molecule is Cc1ccccc1C1(CNC(=O)c2cc(=O)c3ccccc3o2)CCOCC1. The first-order valence-corrected chi connectivity index (χ1v) is 9.54. The monoisotopic (exact) mass is 377 g/mol. The lowest BCUT2D eigenvalue weighted by molar-refractivity contribution is 0.0482. The van der Waals surface area contributed by atoms with Gasteiger partial charge in [-0.2, -0.15) is 0 Å². The fourth-order valence-corrected chi connectivity index (χ4v) is 4.02. The minimum absolute atomic E-state index is 0.0377. The van der Waals surface area contributed by atoms with E-state index in [1.807, 2.05) is 12.1 Å².